The molecule has 1 aromatic carbocycles. The molecule has 1 amide bonds. The maximum atomic E-state index is 12.0. The summed E-state index contributed by atoms with van der Waals surface area (Å²) in [6, 6.07) is 7.12. The molecule has 22 heavy (non-hydrogen) atoms. The maximum Gasteiger partial charge on any atom is 0.251 e. The van der Waals surface area contributed by atoms with Crippen molar-refractivity contribution in [2.75, 3.05) is 20.3 Å². The first-order valence-corrected chi connectivity index (χ1v) is 7.76. The molecule has 2 N–H and O–H groups in total. The van der Waals surface area contributed by atoms with Crippen LogP contribution in [0.4, 0.5) is 0 Å². The Morgan fingerprint density at radius 1 is 1.32 bits per heavy atom. The van der Waals surface area contributed by atoms with Crippen molar-refractivity contribution in [2.24, 2.45) is 0 Å². The molecule has 0 radical (unpaired) electrons. The second kappa shape index (κ2) is 7.61. The zero-order valence-corrected chi connectivity index (χ0v) is 13.3. The molecule has 5 nitrogen and oxygen atoms in total. The molecular formula is C17H25NO4. The quantitative estimate of drug-likeness (QED) is 0.810. The Balaban J connectivity index is 1.85. The average molecular weight is 307 g/mol. The van der Waals surface area contributed by atoms with Crippen LogP contribution in [0.15, 0.2) is 24.3 Å². The summed E-state index contributed by atoms with van der Waals surface area (Å²) in [5, 5.41) is 12.7. The molecule has 5 heteroatoms. The van der Waals surface area contributed by atoms with E-state index in [4.69, 9.17) is 9.47 Å². The van der Waals surface area contributed by atoms with Crippen molar-refractivity contribution in [3.05, 3.63) is 29.8 Å². The average Bonchev–Trinajstić information content (AvgIpc) is 2.98. The number of hydrogen-bond acceptors (Lipinski definition) is 4. The monoisotopic (exact) mass is 307 g/mol. The Morgan fingerprint density at radius 3 is 2.55 bits per heavy atom. The molecule has 0 spiro atoms. The van der Waals surface area contributed by atoms with Gasteiger partial charge >= 0.3 is 0 Å². The predicted octanol–water partition coefficient (Wildman–Crippen LogP) is 2.14. The summed E-state index contributed by atoms with van der Waals surface area (Å²) in [7, 11) is 1.51. The van der Waals surface area contributed by atoms with Crippen LogP contribution < -0.4 is 10.1 Å². The SMILES string of the molecule is COC[C@](C)(O)CNC(=O)c1ccc(OC2CCCC2)cc1. The van der Waals surface area contributed by atoms with Gasteiger partial charge in [0.1, 0.15) is 11.4 Å². The predicted molar refractivity (Wildman–Crippen MR) is 84.2 cm³/mol. The number of rotatable bonds is 7. The standard InChI is InChI=1S/C17H25NO4/c1-17(20,12-21-2)11-18-16(19)13-7-9-15(10-8-13)22-14-5-3-4-6-14/h7-10,14,20H,3-6,11-12H2,1-2H3,(H,18,19)/t17-/m1/s1. The van der Waals surface area contributed by atoms with Gasteiger partial charge < -0.3 is 19.9 Å². The molecule has 0 saturated heterocycles. The van der Waals surface area contributed by atoms with Crippen LogP contribution >= 0.6 is 0 Å². The van der Waals surface area contributed by atoms with Gasteiger partial charge in [-0.05, 0) is 56.9 Å². The van der Waals surface area contributed by atoms with Crippen LogP contribution in [0, 0.1) is 0 Å². The van der Waals surface area contributed by atoms with Gasteiger partial charge in [-0.25, -0.2) is 0 Å². The van der Waals surface area contributed by atoms with Gasteiger partial charge in [0.2, 0.25) is 0 Å². The van der Waals surface area contributed by atoms with E-state index in [0.717, 1.165) is 18.6 Å². The first kappa shape index (κ1) is 16.8. The van der Waals surface area contributed by atoms with Crippen molar-refractivity contribution in [3.63, 3.8) is 0 Å². The van der Waals surface area contributed by atoms with E-state index in [2.05, 4.69) is 5.32 Å². The molecule has 122 valence electrons. The molecule has 1 aliphatic rings. The zero-order chi connectivity index (χ0) is 16.0. The lowest BCUT2D eigenvalue weighted by Crippen LogP contribution is -2.43. The number of carbonyl (C=O) groups excluding carboxylic acids is 1. The van der Waals surface area contributed by atoms with Crippen molar-refractivity contribution >= 4 is 5.91 Å². The lowest BCUT2D eigenvalue weighted by atomic mass is 10.1. The highest BCUT2D eigenvalue weighted by molar-refractivity contribution is 5.94. The van der Waals surface area contributed by atoms with Crippen LogP contribution in [0.25, 0.3) is 0 Å². The second-order valence-electron chi connectivity index (χ2n) is 6.16. The lowest BCUT2D eigenvalue weighted by Gasteiger charge is -2.22. The van der Waals surface area contributed by atoms with E-state index in [1.165, 1.54) is 20.0 Å². The molecule has 0 aromatic heterocycles. The van der Waals surface area contributed by atoms with Crippen molar-refractivity contribution in [1.29, 1.82) is 0 Å². The summed E-state index contributed by atoms with van der Waals surface area (Å²) in [6.07, 6.45) is 4.98. The van der Waals surface area contributed by atoms with E-state index < -0.39 is 5.60 Å². The van der Waals surface area contributed by atoms with Gasteiger partial charge in [-0.2, -0.15) is 0 Å². The van der Waals surface area contributed by atoms with Crippen molar-refractivity contribution in [3.8, 4) is 5.75 Å². The van der Waals surface area contributed by atoms with Gasteiger partial charge in [0.05, 0.1) is 12.7 Å². The van der Waals surface area contributed by atoms with Gasteiger partial charge in [0, 0.05) is 19.2 Å². The van der Waals surface area contributed by atoms with Crippen LogP contribution in [0.3, 0.4) is 0 Å². The third kappa shape index (κ3) is 5.00. The Kier molecular flexibility index (Phi) is 5.80. The number of benzene rings is 1. The number of aliphatic hydroxyl groups is 1. The molecule has 1 aromatic rings. The van der Waals surface area contributed by atoms with E-state index in [-0.39, 0.29) is 19.1 Å². The molecule has 1 fully saturated rings. The fourth-order valence-electron chi connectivity index (χ4n) is 2.62. The van der Waals surface area contributed by atoms with E-state index in [1.807, 2.05) is 12.1 Å². The summed E-state index contributed by atoms with van der Waals surface area (Å²) in [5.74, 6) is 0.582. The van der Waals surface area contributed by atoms with E-state index in [9.17, 15) is 9.90 Å². The van der Waals surface area contributed by atoms with E-state index in [1.54, 1.807) is 19.1 Å². The fourth-order valence-corrected chi connectivity index (χ4v) is 2.62. The fraction of sp³-hybridized carbons (Fsp3) is 0.588. The third-order valence-corrected chi connectivity index (χ3v) is 3.81. The number of carbonyl (C=O) groups is 1. The van der Waals surface area contributed by atoms with Crippen LogP contribution in [-0.4, -0.2) is 43.0 Å². The normalized spacial score (nSPS) is 18.0. The molecule has 0 aliphatic heterocycles. The second-order valence-corrected chi connectivity index (χ2v) is 6.16. The molecule has 2 rings (SSSR count). The Morgan fingerprint density at radius 2 is 1.95 bits per heavy atom. The third-order valence-electron chi connectivity index (χ3n) is 3.81. The molecular weight excluding hydrogens is 282 g/mol. The van der Waals surface area contributed by atoms with Crippen LogP contribution in [0.5, 0.6) is 5.75 Å². The van der Waals surface area contributed by atoms with Crippen molar-refractivity contribution in [1.82, 2.24) is 5.32 Å². The van der Waals surface area contributed by atoms with Gasteiger partial charge in [0.15, 0.2) is 0 Å². The molecule has 1 atom stereocenters. The number of amides is 1. The minimum Gasteiger partial charge on any atom is -0.490 e. The molecule has 1 saturated carbocycles. The summed E-state index contributed by atoms with van der Waals surface area (Å²) in [6.45, 7) is 1.93. The highest BCUT2D eigenvalue weighted by Crippen LogP contribution is 2.24. The van der Waals surface area contributed by atoms with E-state index >= 15 is 0 Å². The summed E-state index contributed by atoms with van der Waals surface area (Å²) in [4.78, 5) is 12.0. The minimum absolute atomic E-state index is 0.139. The molecule has 0 bridgehead atoms. The number of ether oxygens (including phenoxy) is 2. The summed E-state index contributed by atoms with van der Waals surface area (Å²) >= 11 is 0. The number of hydrogen-bond donors (Lipinski definition) is 2. The Hall–Kier alpha value is -1.59. The van der Waals surface area contributed by atoms with Crippen LogP contribution in [-0.2, 0) is 4.74 Å². The Labute approximate surface area is 131 Å². The van der Waals surface area contributed by atoms with Gasteiger partial charge in [-0.1, -0.05) is 0 Å². The van der Waals surface area contributed by atoms with Crippen LogP contribution in [0.1, 0.15) is 43.0 Å². The molecule has 0 heterocycles. The largest absolute Gasteiger partial charge is 0.490 e. The van der Waals surface area contributed by atoms with Crippen LogP contribution in [0.2, 0.25) is 0 Å². The summed E-state index contributed by atoms with van der Waals surface area (Å²) in [5.41, 5.74) is -0.525. The zero-order valence-electron chi connectivity index (χ0n) is 13.3. The first-order chi connectivity index (χ1) is 10.5. The summed E-state index contributed by atoms with van der Waals surface area (Å²) < 4.78 is 10.8. The van der Waals surface area contributed by atoms with Crippen molar-refractivity contribution in [2.45, 2.75) is 44.3 Å². The smallest absolute Gasteiger partial charge is 0.251 e. The van der Waals surface area contributed by atoms with Gasteiger partial charge in [-0.15, -0.1) is 0 Å². The Bertz CT molecular complexity index is 478. The molecule has 1 aliphatic carbocycles. The van der Waals surface area contributed by atoms with E-state index in [0.29, 0.717) is 11.7 Å². The van der Waals surface area contributed by atoms with Crippen molar-refractivity contribution < 1.29 is 19.4 Å². The molecule has 0 unspecified atom stereocenters. The lowest BCUT2D eigenvalue weighted by molar-refractivity contribution is -0.0147. The van der Waals surface area contributed by atoms with Gasteiger partial charge in [-0.3, -0.25) is 4.79 Å². The first-order valence-electron chi connectivity index (χ1n) is 7.76. The number of nitrogens with one attached hydrogen (secondary N) is 1. The highest BCUT2D eigenvalue weighted by atomic mass is 16.5. The topological polar surface area (TPSA) is 67.8 Å². The highest BCUT2D eigenvalue weighted by Gasteiger charge is 2.21. The maximum absolute atomic E-state index is 12.0. The van der Waals surface area contributed by atoms with Gasteiger partial charge in [0.25, 0.3) is 5.91 Å². The number of methoxy groups -OCH3 is 1. The minimum atomic E-state index is -1.07.